The van der Waals surface area contributed by atoms with Gasteiger partial charge in [0.25, 0.3) is 0 Å². The highest BCUT2D eigenvalue weighted by atomic mass is 19.4. The maximum Gasteiger partial charge on any atom is 0.418 e. The molecule has 0 atom stereocenters. The highest BCUT2D eigenvalue weighted by molar-refractivity contribution is 5.81. The van der Waals surface area contributed by atoms with Gasteiger partial charge in [0, 0.05) is 38.6 Å². The zero-order valence-corrected chi connectivity index (χ0v) is 21.6. The van der Waals surface area contributed by atoms with Crippen LogP contribution in [0.5, 0.6) is 0 Å². The number of halogens is 3. The monoisotopic (exact) mass is 521 g/mol. The summed E-state index contributed by atoms with van der Waals surface area (Å²) >= 11 is 0. The average Bonchev–Trinajstić information content (AvgIpc) is 2.83. The molecule has 1 aliphatic heterocycles. The van der Waals surface area contributed by atoms with Crippen molar-refractivity contribution in [3.63, 3.8) is 0 Å². The Bertz CT molecular complexity index is 1100. The molecule has 2 heterocycles. The number of amides is 2. The van der Waals surface area contributed by atoms with Crippen molar-refractivity contribution in [3.05, 3.63) is 58.9 Å². The first kappa shape index (κ1) is 28.2. The van der Waals surface area contributed by atoms with Crippen LogP contribution in [0.25, 0.3) is 0 Å². The van der Waals surface area contributed by atoms with Crippen molar-refractivity contribution in [2.75, 3.05) is 38.5 Å². The fraction of sp³-hybridized carbons (Fsp3) is 0.500. The SMILES string of the molecule is CN(CCN(Cc1ncccc1C(F)(F)F)C(=O)CNc1cccc2c1CCNC2)C(=O)OC(C)(C)C. The van der Waals surface area contributed by atoms with Gasteiger partial charge in [0.1, 0.15) is 5.60 Å². The Labute approximate surface area is 215 Å². The topological polar surface area (TPSA) is 86.8 Å². The summed E-state index contributed by atoms with van der Waals surface area (Å²) in [5.41, 5.74) is 1.23. The standard InChI is InChI=1S/C26H34F3N5O3/c1-25(2,3)37-24(36)33(4)13-14-34(17-22-20(26(27,28)29)8-6-11-31-22)23(35)16-32-21-9-5-7-18-15-30-12-10-19(18)21/h5-9,11,30,32H,10,12-17H2,1-4H3. The molecule has 0 saturated heterocycles. The van der Waals surface area contributed by atoms with Crippen LogP contribution in [0.15, 0.2) is 36.5 Å². The molecule has 37 heavy (non-hydrogen) atoms. The van der Waals surface area contributed by atoms with Crippen LogP contribution in [0.3, 0.4) is 0 Å². The molecule has 0 radical (unpaired) electrons. The van der Waals surface area contributed by atoms with E-state index in [1.165, 1.54) is 29.1 Å². The van der Waals surface area contributed by atoms with Crippen LogP contribution in [0.2, 0.25) is 0 Å². The van der Waals surface area contributed by atoms with Crippen molar-refractivity contribution in [1.29, 1.82) is 0 Å². The molecular weight excluding hydrogens is 487 g/mol. The normalized spacial score (nSPS) is 13.5. The van der Waals surface area contributed by atoms with Crippen LogP contribution in [-0.4, -0.2) is 65.6 Å². The number of anilines is 1. The molecule has 8 nitrogen and oxygen atoms in total. The third-order valence-corrected chi connectivity index (χ3v) is 5.87. The summed E-state index contributed by atoms with van der Waals surface area (Å²) in [5.74, 6) is -0.414. The summed E-state index contributed by atoms with van der Waals surface area (Å²) in [6, 6.07) is 7.96. The van der Waals surface area contributed by atoms with E-state index in [0.29, 0.717) is 0 Å². The lowest BCUT2D eigenvalue weighted by Gasteiger charge is -2.28. The molecule has 0 aliphatic carbocycles. The lowest BCUT2D eigenvalue weighted by molar-refractivity contribution is -0.140. The average molecular weight is 522 g/mol. The second-order valence-electron chi connectivity index (χ2n) is 9.94. The minimum absolute atomic E-state index is 0.000937. The Morgan fingerprint density at radius 1 is 1.14 bits per heavy atom. The number of nitrogens with zero attached hydrogens (tertiary/aromatic N) is 3. The number of rotatable bonds is 8. The van der Waals surface area contributed by atoms with Crippen molar-refractivity contribution >= 4 is 17.7 Å². The molecule has 1 aliphatic rings. The van der Waals surface area contributed by atoms with Crippen molar-refractivity contribution in [1.82, 2.24) is 20.1 Å². The first-order valence-electron chi connectivity index (χ1n) is 12.1. The molecule has 202 valence electrons. The largest absolute Gasteiger partial charge is 0.444 e. The van der Waals surface area contributed by atoms with E-state index >= 15 is 0 Å². The van der Waals surface area contributed by atoms with Crippen molar-refractivity contribution < 1.29 is 27.5 Å². The van der Waals surface area contributed by atoms with Crippen molar-refractivity contribution in [2.45, 2.75) is 52.1 Å². The molecule has 3 rings (SSSR count). The zero-order valence-electron chi connectivity index (χ0n) is 21.6. The fourth-order valence-electron chi connectivity index (χ4n) is 3.98. The number of carbonyl (C=O) groups is 2. The van der Waals surface area contributed by atoms with Crippen LogP contribution in [-0.2, 0) is 35.2 Å². The number of hydrogen-bond donors (Lipinski definition) is 2. The molecule has 0 fully saturated rings. The summed E-state index contributed by atoms with van der Waals surface area (Å²) in [5, 5.41) is 6.46. The van der Waals surface area contributed by atoms with Gasteiger partial charge in [0.15, 0.2) is 0 Å². The molecule has 11 heteroatoms. The van der Waals surface area contributed by atoms with Gasteiger partial charge in [-0.1, -0.05) is 12.1 Å². The Hall–Kier alpha value is -3.34. The Morgan fingerprint density at radius 3 is 2.59 bits per heavy atom. The number of nitrogens with one attached hydrogen (secondary N) is 2. The number of alkyl halides is 3. The van der Waals surface area contributed by atoms with Crippen LogP contribution < -0.4 is 10.6 Å². The Balaban J connectivity index is 1.76. The fourth-order valence-corrected chi connectivity index (χ4v) is 3.98. The van der Waals surface area contributed by atoms with E-state index in [0.717, 1.165) is 42.4 Å². The summed E-state index contributed by atoms with van der Waals surface area (Å²) in [6.45, 7) is 6.37. The molecule has 0 bridgehead atoms. The molecular formula is C26H34F3N5O3. The highest BCUT2D eigenvalue weighted by Crippen LogP contribution is 2.31. The van der Waals surface area contributed by atoms with Crippen molar-refractivity contribution in [3.8, 4) is 0 Å². The molecule has 0 saturated carbocycles. The number of fused-ring (bicyclic) bond motifs is 1. The number of carbonyl (C=O) groups excluding carboxylic acids is 2. The van der Waals surface area contributed by atoms with Gasteiger partial charge in [-0.05, 0) is 63.1 Å². The van der Waals surface area contributed by atoms with Gasteiger partial charge in [-0.25, -0.2) is 4.79 Å². The van der Waals surface area contributed by atoms with E-state index in [9.17, 15) is 22.8 Å². The number of ether oxygens (including phenoxy) is 1. The number of benzene rings is 1. The minimum atomic E-state index is -4.61. The van der Waals surface area contributed by atoms with Gasteiger partial charge >= 0.3 is 12.3 Å². The zero-order chi connectivity index (χ0) is 27.2. The molecule has 1 aromatic carbocycles. The van der Waals surface area contributed by atoms with Gasteiger partial charge in [-0.2, -0.15) is 13.2 Å². The molecule has 2 aromatic rings. The Kier molecular flexibility index (Phi) is 9.01. The van der Waals surface area contributed by atoms with Gasteiger partial charge in [-0.3, -0.25) is 9.78 Å². The third-order valence-electron chi connectivity index (χ3n) is 5.87. The first-order chi connectivity index (χ1) is 17.3. The van der Waals surface area contributed by atoms with E-state index in [-0.39, 0.29) is 31.9 Å². The third kappa shape index (κ3) is 8.08. The van der Waals surface area contributed by atoms with Crippen LogP contribution in [0, 0.1) is 0 Å². The quantitative estimate of drug-likeness (QED) is 0.545. The van der Waals surface area contributed by atoms with E-state index in [2.05, 4.69) is 15.6 Å². The van der Waals surface area contributed by atoms with Gasteiger partial charge in [0.2, 0.25) is 5.91 Å². The lowest BCUT2D eigenvalue weighted by atomic mass is 9.99. The molecule has 2 N–H and O–H groups in total. The number of likely N-dealkylation sites (N-methyl/N-ethyl adjacent to an activating group) is 1. The van der Waals surface area contributed by atoms with Gasteiger partial charge in [-0.15, -0.1) is 0 Å². The molecule has 2 amide bonds. The first-order valence-corrected chi connectivity index (χ1v) is 12.1. The molecule has 1 aromatic heterocycles. The van der Waals surface area contributed by atoms with Crippen molar-refractivity contribution in [2.24, 2.45) is 0 Å². The summed E-state index contributed by atoms with van der Waals surface area (Å²) in [6.07, 6.45) is -3.12. The predicted molar refractivity (Wildman–Crippen MR) is 134 cm³/mol. The van der Waals surface area contributed by atoms with Crippen LogP contribution in [0.1, 0.15) is 43.2 Å². The molecule has 0 unspecified atom stereocenters. The minimum Gasteiger partial charge on any atom is -0.444 e. The predicted octanol–water partition coefficient (Wildman–Crippen LogP) is 4.05. The van der Waals surface area contributed by atoms with E-state index < -0.39 is 29.3 Å². The smallest absolute Gasteiger partial charge is 0.418 e. The summed E-state index contributed by atoms with van der Waals surface area (Å²) < 4.78 is 46.1. The maximum atomic E-state index is 13.6. The van der Waals surface area contributed by atoms with Crippen LogP contribution >= 0.6 is 0 Å². The summed E-state index contributed by atoms with van der Waals surface area (Å²) in [4.78, 5) is 32.1. The van der Waals surface area contributed by atoms with E-state index in [1.54, 1.807) is 20.8 Å². The summed E-state index contributed by atoms with van der Waals surface area (Å²) in [7, 11) is 1.52. The lowest BCUT2D eigenvalue weighted by Crippen LogP contribution is -2.43. The van der Waals surface area contributed by atoms with Crippen LogP contribution in [0.4, 0.5) is 23.7 Å². The van der Waals surface area contributed by atoms with Gasteiger partial charge in [0.05, 0.1) is 24.3 Å². The highest BCUT2D eigenvalue weighted by Gasteiger charge is 2.34. The van der Waals surface area contributed by atoms with E-state index in [4.69, 9.17) is 4.74 Å². The maximum absolute atomic E-state index is 13.6. The number of pyridine rings is 1. The second kappa shape index (κ2) is 11.8. The Morgan fingerprint density at radius 2 is 1.89 bits per heavy atom. The number of hydrogen-bond acceptors (Lipinski definition) is 6. The van der Waals surface area contributed by atoms with Gasteiger partial charge < -0.3 is 25.2 Å². The van der Waals surface area contributed by atoms with E-state index in [1.807, 2.05) is 18.2 Å². The second-order valence-corrected chi connectivity index (χ2v) is 9.94. The molecule has 0 spiro atoms. The number of aromatic nitrogens is 1.